The van der Waals surface area contributed by atoms with E-state index in [-0.39, 0.29) is 0 Å². The molecule has 6 aromatic heterocycles. The van der Waals surface area contributed by atoms with Crippen molar-refractivity contribution in [2.24, 2.45) is 0 Å². The third kappa shape index (κ3) is 11.8. The van der Waals surface area contributed by atoms with Crippen molar-refractivity contribution in [2.45, 2.75) is 0 Å². The average molecular weight is 1760 g/mol. The van der Waals surface area contributed by atoms with Crippen LogP contribution in [0.5, 0.6) is 0 Å². The smallest absolute Gasteiger partial charge is 0.178 e. The van der Waals surface area contributed by atoms with Crippen LogP contribution in [0.3, 0.4) is 0 Å². The Balaban J connectivity index is 0.000000100. The maximum absolute atomic E-state index is 6.79. The van der Waals surface area contributed by atoms with Crippen LogP contribution in [0.1, 0.15) is 0 Å². The van der Waals surface area contributed by atoms with Crippen LogP contribution in [0.2, 0.25) is 0 Å². The van der Waals surface area contributed by atoms with Crippen molar-refractivity contribution in [3.8, 4) is 77.9 Å². The van der Waals surface area contributed by atoms with Gasteiger partial charge in [0, 0.05) is 70.2 Å². The van der Waals surface area contributed by atoms with Gasteiger partial charge >= 0.3 is 0 Å². The second kappa shape index (κ2) is 30.6. The van der Waals surface area contributed by atoms with E-state index in [1.165, 1.54) is 153 Å². The molecule has 138 heavy (non-hydrogen) atoms. The molecule has 0 radical (unpaired) electrons. The van der Waals surface area contributed by atoms with Crippen LogP contribution >= 0.6 is 0 Å². The van der Waals surface area contributed by atoms with Crippen molar-refractivity contribution >= 4 is 229 Å². The average Bonchev–Trinajstić information content (AvgIpc) is 1.47. The minimum Gasteiger partial charge on any atom is -0.455 e. The molecule has 0 aliphatic carbocycles. The summed E-state index contributed by atoms with van der Waals surface area (Å²) in [4.78, 5) is 0. The van der Waals surface area contributed by atoms with Gasteiger partial charge < -0.3 is 26.5 Å². The molecule has 0 saturated heterocycles. The highest BCUT2D eigenvalue weighted by atomic mass is 16.4. The third-order valence-electron chi connectivity index (χ3n) is 28.9. The normalized spacial score (nSPS) is 12.1. The van der Waals surface area contributed by atoms with Crippen LogP contribution in [0.4, 0.5) is 0 Å². The highest BCUT2D eigenvalue weighted by molar-refractivity contribution is 6.32. The number of benzene rings is 25. The van der Waals surface area contributed by atoms with Crippen molar-refractivity contribution in [3.05, 3.63) is 461 Å². The lowest BCUT2D eigenvalue weighted by Gasteiger charge is -2.18. The second-order valence-corrected chi connectivity index (χ2v) is 36.4. The predicted octanol–water partition coefficient (Wildman–Crippen LogP) is 38.5. The van der Waals surface area contributed by atoms with Gasteiger partial charge in [0.1, 0.15) is 44.7 Å². The van der Waals surface area contributed by atoms with E-state index in [2.05, 4.69) is 413 Å². The standard InChI is InChI=1S/C48H28O2.2C42H24O2/c1-2-17-32-29(13-1)14-12-24-33(32)30-15-11-16-31(27-30)44-36-20-3-5-22-38(36)45(39-23-6-4-21-37(39)44)46-47-40(34-18-7-9-25-42(34)49-47)28-41-35-19-8-10-26-43(35)50-48(41)46;1-2-12-27-25(10-1)11-9-18-29(27)40-32-16-5-3-14-30(32)39(31-15-4-6-17-33(31)40)26-20-23-38-36(24-26)35-22-21-34-28-13-7-8-19-37(28)43-41(34)42(35)44-38;1-2-10-26-23-27(18-17-25(26)9-1)39-30-12-3-5-14-32(30)40(33-15-6-4-13-31(33)39)28-19-22-38-36(24-28)35-21-20-34-29-11-7-8-16-37(29)43-41(34)42(35)44-38/h1-28H;2*1-24H. The second-order valence-electron chi connectivity index (χ2n) is 36.4. The van der Waals surface area contributed by atoms with Crippen LogP contribution < -0.4 is 0 Å². The van der Waals surface area contributed by atoms with E-state index >= 15 is 0 Å². The number of para-hydroxylation sites is 4. The molecule has 0 N–H and O–H groups in total. The summed E-state index contributed by atoms with van der Waals surface area (Å²) in [5.74, 6) is 0. The Morgan fingerprint density at radius 1 is 0.101 bits per heavy atom. The van der Waals surface area contributed by atoms with Gasteiger partial charge in [-0.05, 0) is 255 Å². The molecule has 0 bridgehead atoms. The summed E-state index contributed by atoms with van der Waals surface area (Å²) in [5, 5.41) is 35.2. The zero-order valence-corrected chi connectivity index (χ0v) is 74.3. The van der Waals surface area contributed by atoms with Crippen molar-refractivity contribution < 1.29 is 26.5 Å². The quantitative estimate of drug-likeness (QED) is 0.148. The SMILES string of the molecule is c1cc(-c2cccc3ccccc23)cc(-c2c3ccccc3c(-c3c4oc5ccccc5c4cc4c3oc3ccccc34)c3ccccc23)c1.c1ccc2c(-c3c4ccccc4c(-c4ccc5oc6c(ccc7c8ccccc8oc76)c5c4)c4ccccc34)cccc2c1.c1ccc2cc(-c3c4ccccc4c(-c4ccc5oc6c(ccc7c8ccccc8oc76)c5c4)c4ccccc34)ccc2c1. The van der Waals surface area contributed by atoms with Gasteiger partial charge in [0.2, 0.25) is 0 Å². The Morgan fingerprint density at radius 3 is 0.768 bits per heavy atom. The Bertz CT molecular complexity index is 10300. The number of furan rings is 6. The number of rotatable bonds is 7. The fourth-order valence-corrected chi connectivity index (χ4v) is 22.9. The van der Waals surface area contributed by atoms with Gasteiger partial charge in [0.15, 0.2) is 22.3 Å². The van der Waals surface area contributed by atoms with Gasteiger partial charge in [-0.2, -0.15) is 0 Å². The monoisotopic (exact) mass is 1760 g/mol. The van der Waals surface area contributed by atoms with E-state index in [0.717, 1.165) is 154 Å². The van der Waals surface area contributed by atoms with E-state index < -0.39 is 0 Å². The van der Waals surface area contributed by atoms with Crippen molar-refractivity contribution in [2.75, 3.05) is 0 Å². The minimum absolute atomic E-state index is 0.798. The van der Waals surface area contributed by atoms with Gasteiger partial charge in [-0.25, -0.2) is 0 Å². The molecule has 0 aliphatic heterocycles. The third-order valence-corrected chi connectivity index (χ3v) is 28.9. The summed E-state index contributed by atoms with van der Waals surface area (Å²) in [5.41, 5.74) is 26.9. The molecule has 6 heterocycles. The molecule has 0 fully saturated rings. The molecular weight excluding hydrogens is 1680 g/mol. The predicted molar refractivity (Wildman–Crippen MR) is 579 cm³/mol. The maximum atomic E-state index is 6.79. The first-order chi connectivity index (χ1) is 68.5. The zero-order chi connectivity index (χ0) is 90.3. The molecule has 640 valence electrons. The summed E-state index contributed by atoms with van der Waals surface area (Å²) < 4.78 is 39.2. The van der Waals surface area contributed by atoms with Gasteiger partial charge in [0.25, 0.3) is 0 Å². The van der Waals surface area contributed by atoms with E-state index in [1.807, 2.05) is 48.5 Å². The summed E-state index contributed by atoms with van der Waals surface area (Å²) in [6.45, 7) is 0. The summed E-state index contributed by atoms with van der Waals surface area (Å²) in [6, 6.07) is 165. The Labute approximate surface area is 788 Å². The summed E-state index contributed by atoms with van der Waals surface area (Å²) in [7, 11) is 0. The van der Waals surface area contributed by atoms with Crippen LogP contribution in [-0.4, -0.2) is 0 Å². The molecule has 0 amide bonds. The van der Waals surface area contributed by atoms with Gasteiger partial charge in [-0.3, -0.25) is 0 Å². The largest absolute Gasteiger partial charge is 0.455 e. The molecule has 25 aromatic carbocycles. The van der Waals surface area contributed by atoms with Crippen LogP contribution in [0.15, 0.2) is 488 Å². The molecule has 0 unspecified atom stereocenters. The Kier molecular flexibility index (Phi) is 17.1. The lowest BCUT2D eigenvalue weighted by Crippen LogP contribution is -1.92. The first-order valence-electron chi connectivity index (χ1n) is 47.1. The number of hydrogen-bond acceptors (Lipinski definition) is 6. The Morgan fingerprint density at radius 2 is 0.362 bits per heavy atom. The first kappa shape index (κ1) is 77.3. The highest BCUT2D eigenvalue weighted by Crippen LogP contribution is 2.55. The number of hydrogen-bond donors (Lipinski definition) is 0. The summed E-state index contributed by atoms with van der Waals surface area (Å²) >= 11 is 0. The molecule has 31 rings (SSSR count). The molecule has 6 heteroatoms. The molecular formula is C132H76O6. The lowest BCUT2D eigenvalue weighted by molar-refractivity contribution is 0.633. The van der Waals surface area contributed by atoms with Gasteiger partial charge in [-0.1, -0.05) is 370 Å². The molecule has 0 aliphatic rings. The summed E-state index contributed by atoms with van der Waals surface area (Å²) in [6.07, 6.45) is 0. The van der Waals surface area contributed by atoms with E-state index in [0.29, 0.717) is 0 Å². The van der Waals surface area contributed by atoms with Crippen LogP contribution in [-0.2, 0) is 0 Å². The molecule has 6 nitrogen and oxygen atoms in total. The molecule has 0 spiro atoms. The van der Waals surface area contributed by atoms with Crippen molar-refractivity contribution in [1.82, 2.24) is 0 Å². The van der Waals surface area contributed by atoms with Crippen molar-refractivity contribution in [1.29, 1.82) is 0 Å². The highest BCUT2D eigenvalue weighted by Gasteiger charge is 2.29. The maximum Gasteiger partial charge on any atom is 0.178 e. The topological polar surface area (TPSA) is 78.8 Å². The van der Waals surface area contributed by atoms with Crippen LogP contribution in [0.25, 0.3) is 306 Å². The molecule has 0 saturated carbocycles. The van der Waals surface area contributed by atoms with Crippen molar-refractivity contribution in [3.63, 3.8) is 0 Å². The van der Waals surface area contributed by atoms with Crippen LogP contribution in [0, 0.1) is 0 Å². The fourth-order valence-electron chi connectivity index (χ4n) is 22.9. The zero-order valence-electron chi connectivity index (χ0n) is 74.3. The van der Waals surface area contributed by atoms with E-state index in [4.69, 9.17) is 26.5 Å². The van der Waals surface area contributed by atoms with Gasteiger partial charge in [-0.15, -0.1) is 0 Å². The molecule has 0 atom stereocenters. The van der Waals surface area contributed by atoms with Gasteiger partial charge in [0.05, 0.1) is 5.56 Å². The number of fused-ring (bicyclic) bond motifs is 29. The fraction of sp³-hybridized carbons (Fsp3) is 0. The Hall–Kier alpha value is -18.4. The first-order valence-corrected chi connectivity index (χ1v) is 47.1. The van der Waals surface area contributed by atoms with E-state index in [1.54, 1.807) is 0 Å². The van der Waals surface area contributed by atoms with E-state index in [9.17, 15) is 0 Å². The lowest BCUT2D eigenvalue weighted by atomic mass is 9.84. The minimum atomic E-state index is 0.798. The molecule has 31 aromatic rings.